The summed E-state index contributed by atoms with van der Waals surface area (Å²) in [6.45, 7) is 2.10. The van der Waals surface area contributed by atoms with Crippen LogP contribution in [-0.2, 0) is 6.18 Å². The number of alkyl halides is 3. The number of hydrogen-bond donors (Lipinski definition) is 0. The average molecular weight is 452 g/mol. The number of benzene rings is 3. The van der Waals surface area contributed by atoms with E-state index in [0.717, 1.165) is 31.4 Å². The molecule has 0 heterocycles. The van der Waals surface area contributed by atoms with Crippen LogP contribution in [0, 0.1) is 0 Å². The molecule has 8 heteroatoms. The first-order valence-electron chi connectivity index (χ1n) is 10.6. The monoisotopic (exact) mass is 452 g/mol. The third-order valence-electron chi connectivity index (χ3n) is 4.80. The van der Waals surface area contributed by atoms with Gasteiger partial charge in [0.05, 0.1) is 28.3 Å². The number of hydrogen-bond acceptors (Lipinski definition) is 5. The molecule has 0 bridgehead atoms. The molecule has 0 atom stereocenters. The fourth-order valence-electron chi connectivity index (χ4n) is 2.93. The number of rotatable bonds is 9. The predicted octanol–water partition coefficient (Wildman–Crippen LogP) is 9.30. The van der Waals surface area contributed by atoms with Gasteiger partial charge in [0.2, 0.25) is 0 Å². The highest BCUT2D eigenvalue weighted by Crippen LogP contribution is 2.31. The molecule has 0 N–H and O–H groups in total. The molecule has 0 fully saturated rings. The lowest BCUT2D eigenvalue weighted by Crippen LogP contribution is -2.03. The van der Waals surface area contributed by atoms with Crippen LogP contribution in [0.4, 0.5) is 35.9 Å². The van der Waals surface area contributed by atoms with Gasteiger partial charge < -0.3 is 0 Å². The summed E-state index contributed by atoms with van der Waals surface area (Å²) < 4.78 is 37.8. The molecule has 0 aliphatic heterocycles. The molecule has 170 valence electrons. The minimum atomic E-state index is -4.38. The van der Waals surface area contributed by atoms with Gasteiger partial charge in [-0.2, -0.15) is 33.6 Å². The van der Waals surface area contributed by atoms with Crippen molar-refractivity contribution in [3.05, 3.63) is 83.9 Å². The summed E-state index contributed by atoms with van der Waals surface area (Å²) in [5.74, 6) is 0.132. The van der Waals surface area contributed by atoms with Crippen LogP contribution in [0.2, 0.25) is 0 Å². The van der Waals surface area contributed by atoms with E-state index < -0.39 is 11.7 Å². The van der Waals surface area contributed by atoms with Gasteiger partial charge in [0, 0.05) is 12.0 Å². The molecule has 0 saturated heterocycles. The lowest BCUT2D eigenvalue weighted by atomic mass is 10.0. The number of nitrogens with zero attached hydrogens (tertiary/aromatic N) is 4. The van der Waals surface area contributed by atoms with Crippen LogP contribution in [0.1, 0.15) is 48.5 Å². The third-order valence-corrected chi connectivity index (χ3v) is 4.80. The summed E-state index contributed by atoms with van der Waals surface area (Å²) in [6, 6.07) is 18.2. The Bertz CT molecular complexity index is 1100. The summed E-state index contributed by atoms with van der Waals surface area (Å²) >= 11 is 0. The van der Waals surface area contributed by atoms with Crippen molar-refractivity contribution < 1.29 is 18.0 Å². The normalized spacial score (nSPS) is 12.0. The van der Waals surface area contributed by atoms with Crippen molar-refractivity contribution >= 4 is 28.5 Å². The number of unbranched alkanes of at least 4 members (excludes halogenated alkanes) is 2. The number of azo groups is 2. The summed E-state index contributed by atoms with van der Waals surface area (Å²) in [5, 5.41) is 16.3. The molecule has 0 spiro atoms. The largest absolute Gasteiger partial charge is 0.416 e. The van der Waals surface area contributed by atoms with Crippen LogP contribution in [0.5, 0.6) is 0 Å². The van der Waals surface area contributed by atoms with Crippen molar-refractivity contribution in [3.63, 3.8) is 0 Å². The van der Waals surface area contributed by atoms with E-state index in [-0.39, 0.29) is 5.78 Å². The number of carbonyl (C=O) groups excluding carboxylic acids is 1. The van der Waals surface area contributed by atoms with E-state index in [2.05, 4.69) is 27.4 Å². The van der Waals surface area contributed by atoms with Gasteiger partial charge in [-0.1, -0.05) is 19.8 Å². The molecule has 5 nitrogen and oxygen atoms in total. The number of halogens is 3. The van der Waals surface area contributed by atoms with E-state index in [9.17, 15) is 18.0 Å². The summed E-state index contributed by atoms with van der Waals surface area (Å²) in [6.07, 6.45) is -0.801. The zero-order valence-electron chi connectivity index (χ0n) is 18.1. The molecule has 0 unspecified atom stereocenters. The van der Waals surface area contributed by atoms with Crippen LogP contribution in [0.15, 0.2) is 93.3 Å². The van der Waals surface area contributed by atoms with Crippen molar-refractivity contribution in [3.8, 4) is 0 Å². The second-order valence-electron chi connectivity index (χ2n) is 7.39. The first-order chi connectivity index (χ1) is 15.8. The second-order valence-corrected chi connectivity index (χ2v) is 7.39. The summed E-state index contributed by atoms with van der Waals surface area (Å²) in [4.78, 5) is 12.1. The van der Waals surface area contributed by atoms with Crippen molar-refractivity contribution in [1.29, 1.82) is 0 Å². The van der Waals surface area contributed by atoms with Gasteiger partial charge >= 0.3 is 6.18 Å². The van der Waals surface area contributed by atoms with E-state index in [0.29, 0.717) is 34.7 Å². The molecule has 3 aromatic rings. The van der Waals surface area contributed by atoms with Gasteiger partial charge in [0.25, 0.3) is 0 Å². The van der Waals surface area contributed by atoms with Crippen molar-refractivity contribution in [2.75, 3.05) is 0 Å². The number of Topliss-reactive ketones (excluding diaryl/α,β-unsaturated/α-hetero) is 1. The number of carbonyl (C=O) groups is 1. The highest BCUT2D eigenvalue weighted by Gasteiger charge is 2.29. The fourth-order valence-corrected chi connectivity index (χ4v) is 2.93. The molecule has 0 radical (unpaired) electrons. The highest BCUT2D eigenvalue weighted by atomic mass is 19.4. The van der Waals surface area contributed by atoms with Crippen LogP contribution < -0.4 is 0 Å². The molecule has 0 amide bonds. The maximum absolute atomic E-state index is 12.6. The van der Waals surface area contributed by atoms with Crippen LogP contribution in [0.25, 0.3) is 0 Å². The zero-order valence-corrected chi connectivity index (χ0v) is 18.1. The standard InChI is InChI=1S/C25H23F3N4O/c1-2-3-4-5-24(33)18-6-10-20(11-7-18)29-31-22-14-16-23(17-15-22)32-30-21-12-8-19(9-13-21)25(26,27)28/h6-17H,2-5H2,1H3. The van der Waals surface area contributed by atoms with Gasteiger partial charge in [0.15, 0.2) is 5.78 Å². The summed E-state index contributed by atoms with van der Waals surface area (Å²) in [5.41, 5.74) is 2.02. The van der Waals surface area contributed by atoms with Crippen LogP contribution in [-0.4, -0.2) is 5.78 Å². The molecule has 3 aromatic carbocycles. The predicted molar refractivity (Wildman–Crippen MR) is 121 cm³/mol. The van der Waals surface area contributed by atoms with Crippen molar-refractivity contribution in [2.24, 2.45) is 20.5 Å². The minimum absolute atomic E-state index is 0.132. The lowest BCUT2D eigenvalue weighted by molar-refractivity contribution is -0.137. The maximum atomic E-state index is 12.6. The summed E-state index contributed by atoms with van der Waals surface area (Å²) in [7, 11) is 0. The van der Waals surface area contributed by atoms with Gasteiger partial charge in [-0.05, 0) is 79.2 Å². The molecular weight excluding hydrogens is 429 g/mol. The Morgan fingerprint density at radius 2 is 1.06 bits per heavy atom. The maximum Gasteiger partial charge on any atom is 0.416 e. The van der Waals surface area contributed by atoms with E-state index in [1.165, 1.54) is 12.1 Å². The van der Waals surface area contributed by atoms with Gasteiger partial charge in [0.1, 0.15) is 0 Å². The van der Waals surface area contributed by atoms with Crippen LogP contribution >= 0.6 is 0 Å². The van der Waals surface area contributed by atoms with Crippen LogP contribution in [0.3, 0.4) is 0 Å². The van der Waals surface area contributed by atoms with Gasteiger partial charge in [-0.3, -0.25) is 4.79 Å². The fraction of sp³-hybridized carbons (Fsp3) is 0.240. The van der Waals surface area contributed by atoms with Gasteiger partial charge in [-0.25, -0.2) is 0 Å². The van der Waals surface area contributed by atoms with Crippen molar-refractivity contribution in [1.82, 2.24) is 0 Å². The SMILES string of the molecule is CCCCCC(=O)c1ccc(N=Nc2ccc(N=Nc3ccc(C(F)(F)F)cc3)cc2)cc1. The Hall–Kier alpha value is -3.68. The molecule has 0 aliphatic rings. The van der Waals surface area contributed by atoms with Gasteiger partial charge in [-0.15, -0.1) is 0 Å². The quantitative estimate of drug-likeness (QED) is 0.181. The molecule has 0 aliphatic carbocycles. The zero-order chi connectivity index (χ0) is 23.7. The topological polar surface area (TPSA) is 66.5 Å². The molecule has 3 rings (SSSR count). The lowest BCUT2D eigenvalue weighted by Gasteiger charge is -2.05. The van der Waals surface area contributed by atoms with E-state index in [1.807, 2.05) is 0 Å². The molecule has 0 aromatic heterocycles. The van der Waals surface area contributed by atoms with E-state index in [1.54, 1.807) is 48.5 Å². The van der Waals surface area contributed by atoms with E-state index in [4.69, 9.17) is 0 Å². The third kappa shape index (κ3) is 7.45. The average Bonchev–Trinajstić information content (AvgIpc) is 2.82. The minimum Gasteiger partial charge on any atom is -0.294 e. The first kappa shape index (κ1) is 24.0. The number of ketones is 1. The molecule has 33 heavy (non-hydrogen) atoms. The second kappa shape index (κ2) is 11.3. The first-order valence-corrected chi connectivity index (χ1v) is 10.6. The van der Waals surface area contributed by atoms with E-state index >= 15 is 0 Å². The Labute approximate surface area is 190 Å². The Balaban J connectivity index is 1.56. The highest BCUT2D eigenvalue weighted by molar-refractivity contribution is 5.96. The van der Waals surface area contributed by atoms with Crippen molar-refractivity contribution in [2.45, 2.75) is 38.8 Å². The Morgan fingerprint density at radius 1 is 0.667 bits per heavy atom. The Morgan fingerprint density at radius 3 is 1.45 bits per heavy atom. The Kier molecular flexibility index (Phi) is 8.18. The smallest absolute Gasteiger partial charge is 0.294 e. The molecule has 0 saturated carbocycles. The molecular formula is C25H23F3N4O.